The molecular weight excluding hydrogens is 285 g/mol. The minimum Gasteiger partial charge on any atom is -0.378 e. The largest absolute Gasteiger partial charge is 0.525 e. The quantitative estimate of drug-likeness (QED) is 0.561. The van der Waals surface area contributed by atoms with Crippen molar-refractivity contribution >= 4 is 0 Å². The van der Waals surface area contributed by atoms with Crippen molar-refractivity contribution in [2.75, 3.05) is 7.11 Å². The van der Waals surface area contributed by atoms with Gasteiger partial charge in [-0.1, -0.05) is 13.0 Å². The maximum absolute atomic E-state index is 13.8. The average Bonchev–Trinajstić information content (AvgIpc) is 2.21. The van der Waals surface area contributed by atoms with Gasteiger partial charge in [-0.05, 0) is 13.3 Å². The molecule has 0 aliphatic heterocycles. The zero-order valence-electron chi connectivity index (χ0n) is 10.3. The van der Waals surface area contributed by atoms with Gasteiger partial charge < -0.3 is 4.74 Å². The van der Waals surface area contributed by atoms with Gasteiger partial charge in [-0.25, -0.2) is 4.74 Å². The number of halogens is 7. The second kappa shape index (κ2) is 6.08. The lowest BCUT2D eigenvalue weighted by molar-refractivity contribution is -0.436. The average molecular weight is 298 g/mol. The van der Waals surface area contributed by atoms with Crippen LogP contribution in [0.2, 0.25) is 0 Å². The van der Waals surface area contributed by atoms with Crippen molar-refractivity contribution in [3.05, 3.63) is 11.6 Å². The Balaban J connectivity index is 5.64. The van der Waals surface area contributed by atoms with Gasteiger partial charge in [-0.3, -0.25) is 0 Å². The van der Waals surface area contributed by atoms with E-state index in [2.05, 4.69) is 9.47 Å². The first-order valence-electron chi connectivity index (χ1n) is 5.14. The Bertz CT molecular complexity index is 321. The molecule has 2 unspecified atom stereocenters. The molecule has 0 aliphatic rings. The third-order valence-electron chi connectivity index (χ3n) is 2.22. The van der Waals surface area contributed by atoms with Gasteiger partial charge >= 0.3 is 18.4 Å². The molecule has 0 aromatic rings. The standard InChI is InChI=1S/C10H13F7O2/c1-4-7(5-6(2)18-3)8(11,9(12,13)14)19-10(15,16)17/h5-6H,4H2,1-3H3/b7-5+. The molecule has 0 radical (unpaired) electrons. The number of alkyl halides is 7. The Hall–Kier alpha value is -0.830. The van der Waals surface area contributed by atoms with Gasteiger partial charge in [-0.2, -0.15) is 17.6 Å². The van der Waals surface area contributed by atoms with Crippen LogP contribution in [0.25, 0.3) is 0 Å². The highest BCUT2D eigenvalue weighted by Crippen LogP contribution is 2.45. The minimum atomic E-state index is -5.86. The molecule has 2 nitrogen and oxygen atoms in total. The van der Waals surface area contributed by atoms with Crippen molar-refractivity contribution in [1.82, 2.24) is 0 Å². The van der Waals surface area contributed by atoms with E-state index in [0.717, 1.165) is 14.0 Å². The number of hydrogen-bond acceptors (Lipinski definition) is 2. The van der Waals surface area contributed by atoms with E-state index in [1.54, 1.807) is 0 Å². The van der Waals surface area contributed by atoms with Gasteiger partial charge in [0.05, 0.1) is 6.10 Å². The molecule has 9 heteroatoms. The molecule has 0 bridgehead atoms. The lowest BCUT2D eigenvalue weighted by Crippen LogP contribution is -2.48. The molecule has 0 amide bonds. The molecule has 0 saturated heterocycles. The van der Waals surface area contributed by atoms with Crippen LogP contribution in [0.4, 0.5) is 30.7 Å². The first kappa shape index (κ1) is 18.2. The van der Waals surface area contributed by atoms with E-state index in [1.807, 2.05) is 0 Å². The summed E-state index contributed by atoms with van der Waals surface area (Å²) in [5, 5.41) is 0. The summed E-state index contributed by atoms with van der Waals surface area (Å²) in [5.74, 6) is -4.92. The van der Waals surface area contributed by atoms with Crippen LogP contribution in [-0.2, 0) is 9.47 Å². The molecule has 19 heavy (non-hydrogen) atoms. The Morgan fingerprint density at radius 3 is 1.84 bits per heavy atom. The van der Waals surface area contributed by atoms with E-state index in [9.17, 15) is 30.7 Å². The van der Waals surface area contributed by atoms with Crippen molar-refractivity contribution in [2.45, 2.75) is 44.8 Å². The first-order chi connectivity index (χ1) is 8.37. The van der Waals surface area contributed by atoms with Crippen LogP contribution in [0, 0.1) is 0 Å². The maximum Gasteiger partial charge on any atom is 0.525 e. The molecule has 2 atom stereocenters. The summed E-state index contributed by atoms with van der Waals surface area (Å²) in [5.41, 5.74) is -1.20. The highest BCUT2D eigenvalue weighted by atomic mass is 19.4. The third kappa shape index (κ3) is 4.98. The van der Waals surface area contributed by atoms with E-state index in [0.29, 0.717) is 6.08 Å². The SMILES string of the molecule is CC/C(=C\C(C)OC)C(F)(OC(F)(F)F)C(F)(F)F. The van der Waals surface area contributed by atoms with Gasteiger partial charge in [0.15, 0.2) is 0 Å². The molecule has 0 aromatic heterocycles. The molecule has 0 aliphatic carbocycles. The van der Waals surface area contributed by atoms with Crippen LogP contribution < -0.4 is 0 Å². The minimum absolute atomic E-state index is 0.610. The normalized spacial score (nSPS) is 19.2. The maximum atomic E-state index is 13.8. The van der Waals surface area contributed by atoms with Crippen molar-refractivity contribution in [3.63, 3.8) is 0 Å². The first-order valence-corrected chi connectivity index (χ1v) is 5.14. The van der Waals surface area contributed by atoms with E-state index in [-0.39, 0.29) is 0 Å². The Labute approximate surface area is 105 Å². The van der Waals surface area contributed by atoms with Crippen LogP contribution >= 0.6 is 0 Å². The van der Waals surface area contributed by atoms with Gasteiger partial charge in [0.25, 0.3) is 0 Å². The Kier molecular flexibility index (Phi) is 5.82. The number of hydrogen-bond donors (Lipinski definition) is 0. The van der Waals surface area contributed by atoms with Crippen LogP contribution in [0.5, 0.6) is 0 Å². The Morgan fingerprint density at radius 2 is 1.58 bits per heavy atom. The van der Waals surface area contributed by atoms with E-state index < -0.39 is 36.5 Å². The summed E-state index contributed by atoms with van der Waals surface area (Å²) in [7, 11) is 1.12. The van der Waals surface area contributed by atoms with Gasteiger partial charge in [0, 0.05) is 12.7 Å². The predicted molar refractivity (Wildman–Crippen MR) is 51.9 cm³/mol. The molecule has 0 N–H and O–H groups in total. The third-order valence-corrected chi connectivity index (χ3v) is 2.22. The van der Waals surface area contributed by atoms with E-state index >= 15 is 0 Å². The number of rotatable bonds is 5. The fourth-order valence-electron chi connectivity index (χ4n) is 1.27. The second-order valence-corrected chi connectivity index (χ2v) is 3.63. The zero-order valence-corrected chi connectivity index (χ0v) is 10.3. The molecule has 0 saturated carbocycles. The van der Waals surface area contributed by atoms with Crippen LogP contribution in [0.3, 0.4) is 0 Å². The second-order valence-electron chi connectivity index (χ2n) is 3.63. The lowest BCUT2D eigenvalue weighted by Gasteiger charge is -2.31. The highest BCUT2D eigenvalue weighted by molar-refractivity contribution is 5.17. The summed E-state index contributed by atoms with van der Waals surface area (Å²) in [4.78, 5) is 0. The van der Waals surface area contributed by atoms with E-state index in [4.69, 9.17) is 0 Å². The molecular formula is C10H13F7O2. The molecule has 0 aromatic carbocycles. The molecule has 114 valence electrons. The fraction of sp³-hybridized carbons (Fsp3) is 0.800. The van der Waals surface area contributed by atoms with Crippen LogP contribution in [-0.4, -0.2) is 31.6 Å². The van der Waals surface area contributed by atoms with Crippen molar-refractivity contribution < 1.29 is 40.2 Å². The zero-order chi connectivity index (χ0) is 15.5. The van der Waals surface area contributed by atoms with E-state index in [1.165, 1.54) is 6.92 Å². The highest BCUT2D eigenvalue weighted by Gasteiger charge is 2.64. The van der Waals surface area contributed by atoms with Gasteiger partial charge in [0.2, 0.25) is 0 Å². The van der Waals surface area contributed by atoms with Crippen molar-refractivity contribution in [1.29, 1.82) is 0 Å². The predicted octanol–water partition coefficient (Wildman–Crippen LogP) is 4.12. The van der Waals surface area contributed by atoms with Gasteiger partial charge in [0.1, 0.15) is 0 Å². The summed E-state index contributed by atoms with van der Waals surface area (Å²) < 4.78 is 94.6. The summed E-state index contributed by atoms with van der Waals surface area (Å²) in [6.07, 6.45) is -12.6. The lowest BCUT2D eigenvalue weighted by atomic mass is 10.0. The fourth-order valence-corrected chi connectivity index (χ4v) is 1.27. The summed E-state index contributed by atoms with van der Waals surface area (Å²) in [6, 6.07) is 0. The van der Waals surface area contributed by atoms with Gasteiger partial charge in [-0.15, -0.1) is 13.2 Å². The van der Waals surface area contributed by atoms with Crippen molar-refractivity contribution in [3.8, 4) is 0 Å². The number of ether oxygens (including phenoxy) is 2. The molecule has 0 fully saturated rings. The summed E-state index contributed by atoms with van der Waals surface area (Å²) >= 11 is 0. The molecule has 0 heterocycles. The molecule has 0 spiro atoms. The monoisotopic (exact) mass is 298 g/mol. The summed E-state index contributed by atoms with van der Waals surface area (Å²) in [6.45, 7) is 2.33. The Morgan fingerprint density at radius 1 is 1.11 bits per heavy atom. The van der Waals surface area contributed by atoms with Crippen LogP contribution in [0.15, 0.2) is 11.6 Å². The topological polar surface area (TPSA) is 18.5 Å². The van der Waals surface area contributed by atoms with Crippen LogP contribution in [0.1, 0.15) is 20.3 Å². The smallest absolute Gasteiger partial charge is 0.378 e. The van der Waals surface area contributed by atoms with Crippen molar-refractivity contribution in [2.24, 2.45) is 0 Å². The number of methoxy groups -OCH3 is 1. The molecule has 0 rings (SSSR count).